The molecule has 1 atom stereocenters. The van der Waals surface area contributed by atoms with Gasteiger partial charge < -0.3 is 5.32 Å². The lowest BCUT2D eigenvalue weighted by atomic mass is 10.1. The second-order valence-electron chi connectivity index (χ2n) is 4.22. The molecule has 0 radical (unpaired) electrons. The maximum Gasteiger partial charge on any atom is 0.0406 e. The molecule has 0 fully saturated rings. The van der Waals surface area contributed by atoms with Crippen LogP contribution in [0.2, 0.25) is 5.02 Å². The molecule has 1 nitrogen and oxygen atoms in total. The maximum atomic E-state index is 5.86. The molecule has 2 rings (SSSR count). The number of halogens is 2. The molecule has 4 heteroatoms. The minimum Gasteiger partial charge on any atom is -0.309 e. The van der Waals surface area contributed by atoms with Gasteiger partial charge in [0.2, 0.25) is 0 Å². The smallest absolute Gasteiger partial charge is 0.0406 e. The summed E-state index contributed by atoms with van der Waals surface area (Å²) in [6, 6.07) is 10.6. The Kier molecular flexibility index (Phi) is 5.25. The van der Waals surface area contributed by atoms with Crippen molar-refractivity contribution in [1.82, 2.24) is 5.32 Å². The monoisotopic (exact) mass is 343 g/mol. The molecule has 0 aliphatic rings. The van der Waals surface area contributed by atoms with E-state index in [9.17, 15) is 0 Å². The van der Waals surface area contributed by atoms with Gasteiger partial charge in [0.25, 0.3) is 0 Å². The standard InChI is InChI=1S/C14H15BrClNS/c1-10(14-8-12(15)9-18-14)17-7-6-11-2-4-13(16)5-3-11/h2-5,8-10,17H,6-7H2,1H3. The molecule has 0 spiro atoms. The molecule has 1 heterocycles. The predicted octanol–water partition coefficient (Wildman–Crippen LogP) is 5.06. The van der Waals surface area contributed by atoms with Crippen molar-refractivity contribution >= 4 is 38.9 Å². The zero-order chi connectivity index (χ0) is 13.0. The normalized spacial score (nSPS) is 12.6. The Morgan fingerprint density at radius 2 is 2.06 bits per heavy atom. The molecule has 1 unspecified atom stereocenters. The van der Waals surface area contributed by atoms with E-state index in [-0.39, 0.29) is 0 Å². The summed E-state index contributed by atoms with van der Waals surface area (Å²) < 4.78 is 1.16. The summed E-state index contributed by atoms with van der Waals surface area (Å²) in [4.78, 5) is 1.36. The van der Waals surface area contributed by atoms with Crippen LogP contribution in [0.15, 0.2) is 40.2 Å². The SMILES string of the molecule is CC(NCCc1ccc(Cl)cc1)c1cc(Br)cs1. The molecule has 1 aromatic heterocycles. The second kappa shape index (κ2) is 6.71. The average Bonchev–Trinajstić information content (AvgIpc) is 2.78. The summed E-state index contributed by atoms with van der Waals surface area (Å²) >= 11 is 11.1. The highest BCUT2D eigenvalue weighted by atomic mass is 79.9. The first kappa shape index (κ1) is 14.1. The molecular weight excluding hydrogens is 330 g/mol. The highest BCUT2D eigenvalue weighted by Gasteiger charge is 2.06. The van der Waals surface area contributed by atoms with Crippen LogP contribution >= 0.6 is 38.9 Å². The molecule has 1 aromatic carbocycles. The van der Waals surface area contributed by atoms with E-state index in [1.807, 2.05) is 12.1 Å². The van der Waals surface area contributed by atoms with Crippen LogP contribution < -0.4 is 5.32 Å². The number of thiophene rings is 1. The summed E-state index contributed by atoms with van der Waals surface area (Å²) in [5.41, 5.74) is 1.31. The van der Waals surface area contributed by atoms with Crippen LogP contribution in [0.25, 0.3) is 0 Å². The van der Waals surface area contributed by atoms with Crippen molar-refractivity contribution < 1.29 is 0 Å². The first-order valence-electron chi connectivity index (χ1n) is 5.87. The first-order chi connectivity index (χ1) is 8.65. The fourth-order valence-corrected chi connectivity index (χ4v) is 3.34. The van der Waals surface area contributed by atoms with Crippen molar-refractivity contribution in [3.8, 4) is 0 Å². The van der Waals surface area contributed by atoms with E-state index in [1.165, 1.54) is 10.4 Å². The van der Waals surface area contributed by atoms with Crippen LogP contribution in [0.5, 0.6) is 0 Å². The minimum atomic E-state index is 0.397. The van der Waals surface area contributed by atoms with E-state index in [4.69, 9.17) is 11.6 Å². The Balaban J connectivity index is 1.80. The van der Waals surface area contributed by atoms with E-state index in [0.29, 0.717) is 6.04 Å². The molecule has 0 saturated heterocycles. The molecule has 96 valence electrons. The molecule has 0 aliphatic heterocycles. The third kappa shape index (κ3) is 4.09. The fraction of sp³-hybridized carbons (Fsp3) is 0.286. The second-order valence-corrected chi connectivity index (χ2v) is 6.51. The third-order valence-electron chi connectivity index (χ3n) is 2.79. The Labute approximate surface area is 125 Å². The molecule has 0 aliphatic carbocycles. The lowest BCUT2D eigenvalue weighted by Gasteiger charge is -2.11. The fourth-order valence-electron chi connectivity index (χ4n) is 1.74. The van der Waals surface area contributed by atoms with Gasteiger partial charge in [-0.15, -0.1) is 11.3 Å². The molecule has 1 N–H and O–H groups in total. The molecule has 2 aromatic rings. The molecular formula is C14H15BrClNS. The first-order valence-corrected chi connectivity index (χ1v) is 7.92. The average molecular weight is 345 g/mol. The van der Waals surface area contributed by atoms with Gasteiger partial charge in [0, 0.05) is 25.8 Å². The van der Waals surface area contributed by atoms with Gasteiger partial charge in [0.1, 0.15) is 0 Å². The maximum absolute atomic E-state index is 5.86. The summed E-state index contributed by atoms with van der Waals surface area (Å²) in [6.07, 6.45) is 1.02. The quantitative estimate of drug-likeness (QED) is 0.799. The van der Waals surface area contributed by atoms with Gasteiger partial charge in [-0.1, -0.05) is 23.7 Å². The van der Waals surface area contributed by atoms with E-state index < -0.39 is 0 Å². The third-order valence-corrected chi connectivity index (χ3v) is 4.92. The van der Waals surface area contributed by atoms with E-state index >= 15 is 0 Å². The van der Waals surface area contributed by atoms with Crippen LogP contribution in [0.1, 0.15) is 23.4 Å². The molecule has 18 heavy (non-hydrogen) atoms. The van der Waals surface area contributed by atoms with E-state index in [2.05, 4.69) is 51.7 Å². The van der Waals surface area contributed by atoms with Crippen LogP contribution in [-0.4, -0.2) is 6.54 Å². The lowest BCUT2D eigenvalue weighted by molar-refractivity contribution is 0.584. The van der Waals surface area contributed by atoms with Crippen molar-refractivity contribution in [2.24, 2.45) is 0 Å². The van der Waals surface area contributed by atoms with Gasteiger partial charge >= 0.3 is 0 Å². The number of rotatable bonds is 5. The minimum absolute atomic E-state index is 0.397. The zero-order valence-corrected chi connectivity index (χ0v) is 13.3. The number of hydrogen-bond acceptors (Lipinski definition) is 2. The van der Waals surface area contributed by atoms with E-state index in [1.54, 1.807) is 11.3 Å². The van der Waals surface area contributed by atoms with Gasteiger partial charge in [-0.2, -0.15) is 0 Å². The van der Waals surface area contributed by atoms with Crippen LogP contribution in [0.3, 0.4) is 0 Å². The zero-order valence-electron chi connectivity index (χ0n) is 10.1. The van der Waals surface area contributed by atoms with Gasteiger partial charge in [-0.3, -0.25) is 0 Å². The van der Waals surface area contributed by atoms with Gasteiger partial charge in [-0.05, 0) is 59.6 Å². The van der Waals surface area contributed by atoms with E-state index in [0.717, 1.165) is 22.5 Å². The highest BCUT2D eigenvalue weighted by Crippen LogP contribution is 2.25. The number of nitrogens with one attached hydrogen (secondary N) is 1. The highest BCUT2D eigenvalue weighted by molar-refractivity contribution is 9.10. The summed E-state index contributed by atoms with van der Waals surface area (Å²) in [7, 11) is 0. The van der Waals surface area contributed by atoms with Crippen LogP contribution in [0, 0.1) is 0 Å². The molecule has 0 saturated carbocycles. The Morgan fingerprint density at radius 3 is 2.67 bits per heavy atom. The van der Waals surface area contributed by atoms with Crippen molar-refractivity contribution in [3.63, 3.8) is 0 Å². The largest absolute Gasteiger partial charge is 0.309 e. The Bertz CT molecular complexity index is 495. The number of hydrogen-bond donors (Lipinski definition) is 1. The molecule has 0 bridgehead atoms. The van der Waals surface area contributed by atoms with Crippen molar-refractivity contribution in [1.29, 1.82) is 0 Å². The summed E-state index contributed by atoms with van der Waals surface area (Å²) in [5.74, 6) is 0. The van der Waals surface area contributed by atoms with Crippen molar-refractivity contribution in [3.05, 3.63) is 55.6 Å². The lowest BCUT2D eigenvalue weighted by Crippen LogP contribution is -2.20. The van der Waals surface area contributed by atoms with Gasteiger partial charge in [0.15, 0.2) is 0 Å². The van der Waals surface area contributed by atoms with Crippen LogP contribution in [0.4, 0.5) is 0 Å². The topological polar surface area (TPSA) is 12.0 Å². The van der Waals surface area contributed by atoms with Gasteiger partial charge in [-0.25, -0.2) is 0 Å². The Morgan fingerprint density at radius 1 is 1.33 bits per heavy atom. The summed E-state index contributed by atoms with van der Waals surface area (Å²) in [6.45, 7) is 3.17. The Hall–Kier alpha value is -0.350. The molecule has 0 amide bonds. The van der Waals surface area contributed by atoms with Crippen molar-refractivity contribution in [2.75, 3.05) is 6.54 Å². The van der Waals surface area contributed by atoms with Crippen molar-refractivity contribution in [2.45, 2.75) is 19.4 Å². The number of benzene rings is 1. The van der Waals surface area contributed by atoms with Crippen LogP contribution in [-0.2, 0) is 6.42 Å². The summed E-state index contributed by atoms with van der Waals surface area (Å²) in [5, 5.41) is 6.44. The predicted molar refractivity (Wildman–Crippen MR) is 83.6 cm³/mol. The van der Waals surface area contributed by atoms with Gasteiger partial charge in [0.05, 0.1) is 0 Å².